The molecule has 8 nitrogen and oxygen atoms in total. The molecule has 29 heavy (non-hydrogen) atoms. The number of ether oxygens (including phenoxy) is 2. The highest BCUT2D eigenvalue weighted by Crippen LogP contribution is 2.29. The molecule has 3 rings (SSSR count). The molecule has 0 unspecified atom stereocenters. The predicted molar refractivity (Wildman–Crippen MR) is 106 cm³/mol. The molecule has 2 heterocycles. The molecule has 2 aromatic rings. The summed E-state index contributed by atoms with van der Waals surface area (Å²) in [5, 5.41) is 19.0. The highest BCUT2D eigenvalue weighted by molar-refractivity contribution is 5.89. The van der Waals surface area contributed by atoms with Gasteiger partial charge in [0.2, 0.25) is 0 Å². The number of carboxylic acid groups (broad SMARTS) is 2. The van der Waals surface area contributed by atoms with Gasteiger partial charge >= 0.3 is 11.9 Å². The standard InChI is InChI=1S/C17H20N2O2.C4H4O4/c1-2-7-15(8-3-1)21-17-16(9-5-11-19-17)20-13-14-6-4-10-18-12-14;5-3(6)1-2-4(7)8/h1-3,5,7-9,11,14,18H,4,6,10,12-13H2;1-2H,(H,5,6)(H,7,8)/b;2-1+/t14-;/m0./s1. The number of rotatable bonds is 7. The molecule has 0 saturated carbocycles. The van der Waals surface area contributed by atoms with E-state index in [0.29, 0.717) is 36.3 Å². The second kappa shape index (κ2) is 12.1. The number of nitrogens with zero attached hydrogens (tertiary/aromatic N) is 1. The Morgan fingerprint density at radius 3 is 2.45 bits per heavy atom. The van der Waals surface area contributed by atoms with E-state index in [1.807, 2.05) is 42.5 Å². The van der Waals surface area contributed by atoms with Crippen molar-refractivity contribution in [2.24, 2.45) is 5.92 Å². The fourth-order valence-electron chi connectivity index (χ4n) is 2.58. The van der Waals surface area contributed by atoms with E-state index < -0.39 is 11.9 Å². The lowest BCUT2D eigenvalue weighted by Gasteiger charge is -2.23. The third-order valence-electron chi connectivity index (χ3n) is 3.94. The van der Waals surface area contributed by atoms with Crippen LogP contribution in [0.4, 0.5) is 0 Å². The lowest BCUT2D eigenvalue weighted by Crippen LogP contribution is -2.33. The molecule has 8 heteroatoms. The van der Waals surface area contributed by atoms with Crippen LogP contribution in [0, 0.1) is 5.92 Å². The summed E-state index contributed by atoms with van der Waals surface area (Å²) in [4.78, 5) is 23.4. The van der Waals surface area contributed by atoms with E-state index >= 15 is 0 Å². The van der Waals surface area contributed by atoms with E-state index in [2.05, 4.69) is 10.3 Å². The third kappa shape index (κ3) is 8.89. The zero-order chi connectivity index (χ0) is 20.9. The smallest absolute Gasteiger partial charge is 0.328 e. The van der Waals surface area contributed by atoms with Gasteiger partial charge in [-0.3, -0.25) is 0 Å². The van der Waals surface area contributed by atoms with Crippen LogP contribution in [0.15, 0.2) is 60.8 Å². The zero-order valence-corrected chi connectivity index (χ0v) is 15.9. The second-order valence-electron chi connectivity index (χ2n) is 6.25. The number of benzene rings is 1. The van der Waals surface area contributed by atoms with Crippen molar-refractivity contribution in [1.29, 1.82) is 0 Å². The van der Waals surface area contributed by atoms with Gasteiger partial charge in [-0.25, -0.2) is 14.6 Å². The number of para-hydroxylation sites is 1. The van der Waals surface area contributed by atoms with Crippen molar-refractivity contribution in [3.05, 3.63) is 60.8 Å². The first kappa shape index (κ1) is 21.9. The third-order valence-corrected chi connectivity index (χ3v) is 3.94. The molecule has 1 aliphatic rings. The van der Waals surface area contributed by atoms with E-state index in [-0.39, 0.29) is 0 Å². The molecule has 1 saturated heterocycles. The maximum Gasteiger partial charge on any atom is 0.328 e. The Morgan fingerprint density at radius 2 is 1.83 bits per heavy atom. The van der Waals surface area contributed by atoms with Crippen molar-refractivity contribution in [3.8, 4) is 17.4 Å². The van der Waals surface area contributed by atoms with Gasteiger partial charge in [0.25, 0.3) is 5.88 Å². The molecular weight excluding hydrogens is 376 g/mol. The first-order chi connectivity index (χ1) is 14.0. The van der Waals surface area contributed by atoms with Crippen molar-refractivity contribution in [2.75, 3.05) is 19.7 Å². The van der Waals surface area contributed by atoms with Crippen LogP contribution in [-0.2, 0) is 9.59 Å². The largest absolute Gasteiger partial charge is 0.488 e. The molecule has 1 atom stereocenters. The number of hydrogen-bond acceptors (Lipinski definition) is 6. The molecule has 0 amide bonds. The maximum atomic E-state index is 9.55. The monoisotopic (exact) mass is 400 g/mol. The van der Waals surface area contributed by atoms with Crippen LogP contribution in [0.3, 0.4) is 0 Å². The first-order valence-electron chi connectivity index (χ1n) is 9.20. The summed E-state index contributed by atoms with van der Waals surface area (Å²) in [6.07, 6.45) is 5.26. The lowest BCUT2D eigenvalue weighted by atomic mass is 10.0. The maximum absolute atomic E-state index is 9.55. The molecule has 1 aromatic carbocycles. The molecule has 0 radical (unpaired) electrons. The quantitative estimate of drug-likeness (QED) is 0.607. The molecule has 0 spiro atoms. The Morgan fingerprint density at radius 1 is 1.10 bits per heavy atom. The van der Waals surface area contributed by atoms with Gasteiger partial charge in [-0.15, -0.1) is 0 Å². The minimum Gasteiger partial charge on any atom is -0.488 e. The van der Waals surface area contributed by atoms with Crippen molar-refractivity contribution >= 4 is 11.9 Å². The van der Waals surface area contributed by atoms with E-state index in [4.69, 9.17) is 19.7 Å². The minimum atomic E-state index is -1.26. The summed E-state index contributed by atoms with van der Waals surface area (Å²) < 4.78 is 11.7. The number of carboxylic acids is 2. The second-order valence-corrected chi connectivity index (χ2v) is 6.25. The lowest BCUT2D eigenvalue weighted by molar-refractivity contribution is -0.134. The molecule has 1 aliphatic heterocycles. The number of carbonyl (C=O) groups is 2. The van der Waals surface area contributed by atoms with Gasteiger partial charge in [0.1, 0.15) is 5.75 Å². The minimum absolute atomic E-state index is 0.521. The summed E-state index contributed by atoms with van der Waals surface area (Å²) in [6.45, 7) is 2.84. The summed E-state index contributed by atoms with van der Waals surface area (Å²) in [5.74, 6) is 0.0307. The average molecular weight is 400 g/mol. The van der Waals surface area contributed by atoms with Crippen molar-refractivity contribution in [1.82, 2.24) is 10.3 Å². The summed E-state index contributed by atoms with van der Waals surface area (Å²) >= 11 is 0. The Balaban J connectivity index is 0.000000321. The zero-order valence-electron chi connectivity index (χ0n) is 15.9. The fourth-order valence-corrected chi connectivity index (χ4v) is 2.58. The van der Waals surface area contributed by atoms with Gasteiger partial charge in [0, 0.05) is 30.8 Å². The average Bonchev–Trinajstić information content (AvgIpc) is 2.74. The molecule has 3 N–H and O–H groups in total. The number of nitrogens with one attached hydrogen (secondary N) is 1. The summed E-state index contributed by atoms with van der Waals surface area (Å²) in [7, 11) is 0. The van der Waals surface area contributed by atoms with Crippen molar-refractivity contribution in [3.63, 3.8) is 0 Å². The van der Waals surface area contributed by atoms with E-state index in [1.165, 1.54) is 12.8 Å². The number of pyridine rings is 1. The highest BCUT2D eigenvalue weighted by Gasteiger charge is 2.15. The molecule has 0 aliphatic carbocycles. The SMILES string of the molecule is O=C(O)/C=C/C(=O)O.c1ccc(Oc2ncccc2OC[C@H]2CCCNC2)cc1. The molecule has 0 bridgehead atoms. The topological polar surface area (TPSA) is 118 Å². The van der Waals surface area contributed by atoms with Crippen LogP contribution in [0.1, 0.15) is 12.8 Å². The fraction of sp³-hybridized carbons (Fsp3) is 0.286. The first-order valence-corrected chi connectivity index (χ1v) is 9.20. The normalized spacial score (nSPS) is 15.8. The van der Waals surface area contributed by atoms with Crippen LogP contribution in [0.5, 0.6) is 17.4 Å². The Labute approximate surface area is 168 Å². The highest BCUT2D eigenvalue weighted by atomic mass is 16.5. The number of aliphatic carboxylic acids is 2. The van der Waals surface area contributed by atoms with Gasteiger partial charge in [-0.2, -0.15) is 0 Å². The van der Waals surface area contributed by atoms with Gasteiger partial charge < -0.3 is 25.0 Å². The van der Waals surface area contributed by atoms with Crippen molar-refractivity contribution in [2.45, 2.75) is 12.8 Å². The van der Waals surface area contributed by atoms with Gasteiger partial charge in [0.05, 0.1) is 6.61 Å². The van der Waals surface area contributed by atoms with Crippen molar-refractivity contribution < 1.29 is 29.3 Å². The number of aromatic nitrogens is 1. The summed E-state index contributed by atoms with van der Waals surface area (Å²) in [6, 6.07) is 13.4. The van der Waals surface area contributed by atoms with Gasteiger partial charge in [-0.05, 0) is 43.7 Å². The van der Waals surface area contributed by atoms with Crippen LogP contribution in [0.25, 0.3) is 0 Å². The summed E-state index contributed by atoms with van der Waals surface area (Å²) in [5.41, 5.74) is 0. The molecule has 1 fully saturated rings. The van der Waals surface area contributed by atoms with Crippen LogP contribution in [0.2, 0.25) is 0 Å². The molecule has 1 aromatic heterocycles. The van der Waals surface area contributed by atoms with Gasteiger partial charge in [-0.1, -0.05) is 18.2 Å². The number of piperidine rings is 1. The van der Waals surface area contributed by atoms with E-state index in [0.717, 1.165) is 18.8 Å². The van der Waals surface area contributed by atoms with E-state index in [9.17, 15) is 9.59 Å². The Hall–Kier alpha value is -3.39. The van der Waals surface area contributed by atoms with E-state index in [1.54, 1.807) is 6.20 Å². The Kier molecular flexibility index (Phi) is 9.17. The van der Waals surface area contributed by atoms with Crippen LogP contribution in [-0.4, -0.2) is 46.8 Å². The van der Waals surface area contributed by atoms with Gasteiger partial charge in [0.15, 0.2) is 5.75 Å². The number of hydrogen-bond donors (Lipinski definition) is 3. The van der Waals surface area contributed by atoms with Crippen LogP contribution < -0.4 is 14.8 Å². The molecule has 154 valence electrons. The Bertz CT molecular complexity index is 788. The molecular formula is C21H24N2O6. The van der Waals surface area contributed by atoms with Crippen LogP contribution >= 0.6 is 0 Å². The predicted octanol–water partition coefficient (Wildman–Crippen LogP) is 2.96.